The molecule has 1 atom stereocenters. The van der Waals surface area contributed by atoms with Crippen molar-refractivity contribution in [3.05, 3.63) is 60.8 Å². The molecule has 0 aromatic rings. The van der Waals surface area contributed by atoms with Gasteiger partial charge in [0.2, 0.25) is 0 Å². The van der Waals surface area contributed by atoms with Gasteiger partial charge in [-0.2, -0.15) is 0 Å². The van der Waals surface area contributed by atoms with Crippen molar-refractivity contribution in [2.75, 3.05) is 0 Å². The monoisotopic (exact) mass is 613 g/mol. The van der Waals surface area contributed by atoms with Crippen LogP contribution in [0.2, 0.25) is 0 Å². The predicted octanol–water partition coefficient (Wildman–Crippen LogP) is 12.6. The van der Waals surface area contributed by atoms with Gasteiger partial charge in [-0.05, 0) is 83.5 Å². The van der Waals surface area contributed by atoms with Gasteiger partial charge in [0.25, 0.3) is 0 Å². The van der Waals surface area contributed by atoms with Gasteiger partial charge in [-0.3, -0.25) is 9.59 Å². The number of hydrogen-bond acceptors (Lipinski definition) is 3. The standard InChI is InChI=1S/C40H68O4/c1-3-5-7-9-11-13-14-15-16-17-18-19-20-21-22-23-24-25-27-29-31-37-40(43)44-38(35-32-33-36-39(41)42)34-30-28-26-12-10-8-6-4-2/h5,7,11,13,15-16,18-19,21-22,38H,3-4,6,8-10,12,14,17,20,23-37H2,1-2H3,(H,41,42)/b7-5-,13-11-,16-15-,19-18-,22-21-. The maximum atomic E-state index is 12.5. The van der Waals surface area contributed by atoms with Crippen LogP contribution < -0.4 is 0 Å². The Morgan fingerprint density at radius 2 is 0.955 bits per heavy atom. The second kappa shape index (κ2) is 35.1. The number of carboxylic acids is 1. The molecule has 0 spiro atoms. The molecule has 0 rings (SSSR count). The quantitative estimate of drug-likeness (QED) is 0.0466. The Kier molecular flexibility index (Phi) is 33.2. The average molecular weight is 613 g/mol. The summed E-state index contributed by atoms with van der Waals surface area (Å²) in [5.74, 6) is -0.828. The van der Waals surface area contributed by atoms with Crippen LogP contribution >= 0.6 is 0 Å². The molecule has 0 radical (unpaired) electrons. The van der Waals surface area contributed by atoms with E-state index in [0.717, 1.165) is 83.5 Å². The summed E-state index contributed by atoms with van der Waals surface area (Å²) >= 11 is 0. The Bertz CT molecular complexity index is 789. The van der Waals surface area contributed by atoms with Gasteiger partial charge >= 0.3 is 11.9 Å². The van der Waals surface area contributed by atoms with Crippen LogP contribution in [0.3, 0.4) is 0 Å². The van der Waals surface area contributed by atoms with Gasteiger partial charge in [0.05, 0.1) is 0 Å². The van der Waals surface area contributed by atoms with E-state index in [1.165, 1.54) is 57.8 Å². The van der Waals surface area contributed by atoms with Crippen molar-refractivity contribution >= 4 is 11.9 Å². The van der Waals surface area contributed by atoms with Crippen LogP contribution in [-0.4, -0.2) is 23.1 Å². The minimum atomic E-state index is -0.750. The number of carbonyl (C=O) groups excluding carboxylic acids is 1. The number of hydrogen-bond donors (Lipinski definition) is 1. The number of carboxylic acid groups (broad SMARTS) is 1. The fourth-order valence-electron chi connectivity index (χ4n) is 5.09. The van der Waals surface area contributed by atoms with E-state index in [4.69, 9.17) is 9.84 Å². The second-order valence-electron chi connectivity index (χ2n) is 12.0. The van der Waals surface area contributed by atoms with Crippen molar-refractivity contribution in [2.24, 2.45) is 0 Å². The third-order valence-electron chi connectivity index (χ3n) is 7.75. The van der Waals surface area contributed by atoms with Crippen LogP contribution in [0, 0.1) is 0 Å². The van der Waals surface area contributed by atoms with Crippen LogP contribution in [0.4, 0.5) is 0 Å². The molecular weight excluding hydrogens is 544 g/mol. The number of unbranched alkanes of at least 4 members (excludes halogenated alkanes) is 13. The lowest BCUT2D eigenvalue weighted by atomic mass is 10.0. The minimum absolute atomic E-state index is 0.0557. The van der Waals surface area contributed by atoms with Gasteiger partial charge in [0.15, 0.2) is 0 Å². The first kappa shape index (κ1) is 41.6. The summed E-state index contributed by atoms with van der Waals surface area (Å²) in [5.41, 5.74) is 0. The Labute approximate surface area is 272 Å². The highest BCUT2D eigenvalue weighted by molar-refractivity contribution is 5.69. The van der Waals surface area contributed by atoms with Crippen molar-refractivity contribution in [1.29, 1.82) is 0 Å². The number of rotatable bonds is 32. The summed E-state index contributed by atoms with van der Waals surface area (Å²) in [6.07, 6.45) is 48.0. The Hall–Kier alpha value is -2.36. The molecule has 0 bridgehead atoms. The first-order chi connectivity index (χ1) is 21.6. The normalized spacial score (nSPS) is 13.0. The van der Waals surface area contributed by atoms with Gasteiger partial charge in [0.1, 0.15) is 6.10 Å². The average Bonchev–Trinajstić information content (AvgIpc) is 3.01. The van der Waals surface area contributed by atoms with Crippen molar-refractivity contribution in [3.8, 4) is 0 Å². The Morgan fingerprint density at radius 3 is 1.50 bits per heavy atom. The molecule has 4 heteroatoms. The third-order valence-corrected chi connectivity index (χ3v) is 7.75. The largest absolute Gasteiger partial charge is 0.481 e. The van der Waals surface area contributed by atoms with E-state index < -0.39 is 5.97 Å². The molecule has 0 fully saturated rings. The van der Waals surface area contributed by atoms with Crippen molar-refractivity contribution in [3.63, 3.8) is 0 Å². The topological polar surface area (TPSA) is 63.6 Å². The number of esters is 1. The molecule has 0 saturated carbocycles. The Morgan fingerprint density at radius 1 is 0.523 bits per heavy atom. The molecule has 4 nitrogen and oxygen atoms in total. The van der Waals surface area contributed by atoms with Gasteiger partial charge in [-0.15, -0.1) is 0 Å². The second-order valence-corrected chi connectivity index (χ2v) is 12.0. The molecule has 1 unspecified atom stereocenters. The van der Waals surface area contributed by atoms with Crippen molar-refractivity contribution < 1.29 is 19.4 Å². The zero-order valence-corrected chi connectivity index (χ0v) is 28.7. The summed E-state index contributed by atoms with van der Waals surface area (Å²) in [5, 5.41) is 8.90. The fraction of sp³-hybridized carbons (Fsp3) is 0.700. The molecule has 0 amide bonds. The molecule has 0 saturated heterocycles. The molecular formula is C40H68O4. The van der Waals surface area contributed by atoms with Crippen LogP contribution in [0.25, 0.3) is 0 Å². The lowest BCUT2D eigenvalue weighted by molar-refractivity contribution is -0.150. The molecule has 0 aromatic heterocycles. The molecule has 0 heterocycles. The summed E-state index contributed by atoms with van der Waals surface area (Å²) < 4.78 is 5.85. The van der Waals surface area contributed by atoms with Crippen LogP contribution in [0.15, 0.2) is 60.8 Å². The van der Waals surface area contributed by atoms with E-state index in [0.29, 0.717) is 12.8 Å². The minimum Gasteiger partial charge on any atom is -0.481 e. The number of allylic oxidation sites excluding steroid dienone is 10. The summed E-state index contributed by atoms with van der Waals surface area (Å²) in [4.78, 5) is 23.3. The summed E-state index contributed by atoms with van der Waals surface area (Å²) in [7, 11) is 0. The number of aliphatic carboxylic acids is 1. The molecule has 0 aliphatic rings. The van der Waals surface area contributed by atoms with Gasteiger partial charge in [-0.25, -0.2) is 0 Å². The summed E-state index contributed by atoms with van der Waals surface area (Å²) in [6, 6.07) is 0. The van der Waals surface area contributed by atoms with Crippen molar-refractivity contribution in [1.82, 2.24) is 0 Å². The molecule has 44 heavy (non-hydrogen) atoms. The number of carbonyl (C=O) groups is 2. The van der Waals surface area contributed by atoms with Crippen LogP contribution in [0.5, 0.6) is 0 Å². The van der Waals surface area contributed by atoms with E-state index in [2.05, 4.69) is 74.6 Å². The van der Waals surface area contributed by atoms with Crippen LogP contribution in [0.1, 0.15) is 174 Å². The van der Waals surface area contributed by atoms with Gasteiger partial charge < -0.3 is 9.84 Å². The lowest BCUT2D eigenvalue weighted by Gasteiger charge is -2.18. The SMILES string of the molecule is CC/C=C\C/C=C\C/C=C\C/C=C\C/C=C\CCCCCCCC(=O)OC(CCCCCCCCCC)CCCCC(=O)O. The van der Waals surface area contributed by atoms with E-state index in [-0.39, 0.29) is 18.5 Å². The highest BCUT2D eigenvalue weighted by atomic mass is 16.5. The maximum absolute atomic E-state index is 12.5. The van der Waals surface area contributed by atoms with E-state index in [9.17, 15) is 9.59 Å². The zero-order chi connectivity index (χ0) is 32.2. The molecule has 0 aliphatic carbocycles. The molecule has 1 N–H and O–H groups in total. The van der Waals surface area contributed by atoms with E-state index >= 15 is 0 Å². The Balaban J connectivity index is 3.89. The highest BCUT2D eigenvalue weighted by Gasteiger charge is 2.14. The first-order valence-corrected chi connectivity index (χ1v) is 18.3. The third kappa shape index (κ3) is 34.1. The van der Waals surface area contributed by atoms with Gasteiger partial charge in [-0.1, -0.05) is 139 Å². The highest BCUT2D eigenvalue weighted by Crippen LogP contribution is 2.18. The lowest BCUT2D eigenvalue weighted by Crippen LogP contribution is -2.18. The molecule has 0 aliphatic heterocycles. The summed E-state index contributed by atoms with van der Waals surface area (Å²) in [6.45, 7) is 4.40. The van der Waals surface area contributed by atoms with Gasteiger partial charge in [0, 0.05) is 12.8 Å². The predicted molar refractivity (Wildman–Crippen MR) is 190 cm³/mol. The molecule has 0 aromatic carbocycles. The number of ether oxygens (including phenoxy) is 1. The molecule has 252 valence electrons. The smallest absolute Gasteiger partial charge is 0.306 e. The van der Waals surface area contributed by atoms with Crippen molar-refractivity contribution in [2.45, 2.75) is 180 Å². The van der Waals surface area contributed by atoms with Crippen LogP contribution in [-0.2, 0) is 14.3 Å². The fourth-order valence-corrected chi connectivity index (χ4v) is 5.09. The zero-order valence-electron chi connectivity index (χ0n) is 28.7. The van der Waals surface area contributed by atoms with E-state index in [1.54, 1.807) is 0 Å². The first-order valence-electron chi connectivity index (χ1n) is 18.3. The van der Waals surface area contributed by atoms with E-state index in [1.807, 2.05) is 0 Å². The maximum Gasteiger partial charge on any atom is 0.306 e.